The minimum absolute atomic E-state index is 0.0611. The molecule has 2 N–H and O–H groups in total. The van der Waals surface area contributed by atoms with E-state index < -0.39 is 0 Å². The third-order valence-corrected chi connectivity index (χ3v) is 5.64. The molecule has 0 radical (unpaired) electrons. The molecule has 22 heavy (non-hydrogen) atoms. The molecule has 0 saturated heterocycles. The molecule has 0 spiro atoms. The van der Waals surface area contributed by atoms with E-state index in [0.29, 0.717) is 5.02 Å². The number of phenols is 1. The fourth-order valence-corrected chi connectivity index (χ4v) is 4.08. The van der Waals surface area contributed by atoms with E-state index in [9.17, 15) is 15.2 Å². The number of nitrogens with one attached hydrogen (secondary N) is 1. The number of benzene rings is 1. The maximum Gasteiger partial charge on any atom is 0.255 e. The summed E-state index contributed by atoms with van der Waals surface area (Å²) >= 11 is 11.8. The van der Waals surface area contributed by atoms with Crippen molar-refractivity contribution < 1.29 is 9.90 Å². The van der Waals surface area contributed by atoms with E-state index in [2.05, 4.69) is 11.4 Å². The second-order valence-electron chi connectivity index (χ2n) is 6.41. The molecule has 3 saturated carbocycles. The number of halogens is 2. The predicted molar refractivity (Wildman–Crippen MR) is 84.1 cm³/mol. The van der Waals surface area contributed by atoms with Gasteiger partial charge in [0, 0.05) is 10.6 Å². The number of phenolic OH excluding ortho intramolecular Hbond substituents is 1. The van der Waals surface area contributed by atoms with Gasteiger partial charge in [0.25, 0.3) is 5.91 Å². The lowest BCUT2D eigenvalue weighted by Gasteiger charge is -2.50. The fraction of sp³-hybridized carbons (Fsp3) is 0.500. The van der Waals surface area contributed by atoms with Gasteiger partial charge in [-0.2, -0.15) is 5.26 Å². The zero-order valence-electron chi connectivity index (χ0n) is 12.0. The fourth-order valence-electron chi connectivity index (χ4n) is 3.59. The predicted octanol–water partition coefficient (Wildman–Crippen LogP) is 4.05. The Labute approximate surface area is 139 Å². The maximum atomic E-state index is 12.5. The number of hydrogen-bond donors (Lipinski definition) is 2. The molecule has 4 nitrogen and oxygen atoms in total. The van der Waals surface area contributed by atoms with E-state index in [1.165, 1.54) is 12.1 Å². The van der Waals surface area contributed by atoms with E-state index in [0.717, 1.165) is 38.5 Å². The van der Waals surface area contributed by atoms with Gasteiger partial charge in [0.05, 0.1) is 22.1 Å². The second-order valence-corrected chi connectivity index (χ2v) is 7.25. The lowest BCUT2D eigenvalue weighted by molar-refractivity contribution is 0.0520. The molecule has 0 heterocycles. The summed E-state index contributed by atoms with van der Waals surface area (Å²) in [7, 11) is 0. The van der Waals surface area contributed by atoms with Gasteiger partial charge in [0.1, 0.15) is 5.75 Å². The molecule has 2 bridgehead atoms. The highest BCUT2D eigenvalue weighted by atomic mass is 35.5. The van der Waals surface area contributed by atoms with Gasteiger partial charge >= 0.3 is 0 Å². The number of aromatic hydroxyl groups is 1. The van der Waals surface area contributed by atoms with E-state index in [1.54, 1.807) is 0 Å². The van der Waals surface area contributed by atoms with Crippen LogP contribution in [-0.4, -0.2) is 16.6 Å². The lowest BCUT2D eigenvalue weighted by Crippen LogP contribution is -2.56. The number of fused-ring (bicyclic) bond motifs is 3. The van der Waals surface area contributed by atoms with Gasteiger partial charge in [-0.05, 0) is 50.7 Å². The Morgan fingerprint density at radius 1 is 1.18 bits per heavy atom. The van der Waals surface area contributed by atoms with Crippen molar-refractivity contribution in [2.75, 3.05) is 0 Å². The highest BCUT2D eigenvalue weighted by Gasteiger charge is 2.49. The Bertz CT molecular complexity index is 657. The molecule has 0 aromatic heterocycles. The average Bonchev–Trinajstić information content (AvgIpc) is 2.52. The van der Waals surface area contributed by atoms with E-state index >= 15 is 0 Å². The van der Waals surface area contributed by atoms with Crippen LogP contribution in [0.1, 0.15) is 48.9 Å². The summed E-state index contributed by atoms with van der Waals surface area (Å²) < 4.78 is 0. The topological polar surface area (TPSA) is 73.1 Å². The molecule has 0 atom stereocenters. The molecule has 0 aliphatic heterocycles. The first kappa shape index (κ1) is 15.5. The van der Waals surface area contributed by atoms with Crippen molar-refractivity contribution in [2.45, 2.75) is 44.1 Å². The van der Waals surface area contributed by atoms with Crippen LogP contribution in [0, 0.1) is 16.7 Å². The Hall–Kier alpha value is -1.44. The van der Waals surface area contributed by atoms with Crippen molar-refractivity contribution in [2.24, 2.45) is 5.41 Å². The summed E-state index contributed by atoms with van der Waals surface area (Å²) in [4.78, 5) is 12.5. The zero-order valence-corrected chi connectivity index (χ0v) is 13.5. The van der Waals surface area contributed by atoms with Gasteiger partial charge in [0.15, 0.2) is 0 Å². The highest BCUT2D eigenvalue weighted by molar-refractivity contribution is 6.36. The minimum Gasteiger partial charge on any atom is -0.506 e. The Kier molecular flexibility index (Phi) is 3.74. The number of carbonyl (C=O) groups excluding carboxylic acids is 1. The molecule has 3 fully saturated rings. The molecule has 1 aromatic rings. The summed E-state index contributed by atoms with van der Waals surface area (Å²) in [5, 5.41) is 22.7. The number of carbonyl (C=O) groups is 1. The van der Waals surface area contributed by atoms with Crippen LogP contribution in [0.5, 0.6) is 5.75 Å². The van der Waals surface area contributed by atoms with Crippen LogP contribution in [-0.2, 0) is 0 Å². The average molecular weight is 339 g/mol. The normalized spacial score (nSPS) is 29.9. The monoisotopic (exact) mass is 338 g/mol. The quantitative estimate of drug-likeness (QED) is 0.854. The first-order valence-electron chi connectivity index (χ1n) is 7.31. The summed E-state index contributed by atoms with van der Waals surface area (Å²) in [6, 6.07) is 5.26. The molecular weight excluding hydrogens is 323 g/mol. The molecule has 116 valence electrons. The van der Waals surface area contributed by atoms with Gasteiger partial charge < -0.3 is 10.4 Å². The Morgan fingerprint density at radius 3 is 2.32 bits per heavy atom. The van der Waals surface area contributed by atoms with Crippen molar-refractivity contribution in [1.29, 1.82) is 5.26 Å². The zero-order chi connectivity index (χ0) is 16.0. The third kappa shape index (κ3) is 2.53. The summed E-state index contributed by atoms with van der Waals surface area (Å²) in [6.07, 6.45) is 4.81. The number of nitrogens with zero attached hydrogens (tertiary/aromatic N) is 1. The molecule has 1 aromatic carbocycles. The molecule has 3 aliphatic carbocycles. The van der Waals surface area contributed by atoms with Crippen molar-refractivity contribution in [1.82, 2.24) is 5.32 Å². The molecule has 0 unspecified atom stereocenters. The Balaban J connectivity index is 1.80. The summed E-state index contributed by atoms with van der Waals surface area (Å²) in [5.41, 5.74) is -0.389. The van der Waals surface area contributed by atoms with E-state index in [-0.39, 0.29) is 33.2 Å². The van der Waals surface area contributed by atoms with Crippen molar-refractivity contribution in [3.05, 3.63) is 27.7 Å². The molecule has 6 heteroatoms. The van der Waals surface area contributed by atoms with E-state index in [1.807, 2.05) is 0 Å². The van der Waals surface area contributed by atoms with Gasteiger partial charge in [-0.25, -0.2) is 0 Å². The van der Waals surface area contributed by atoms with Gasteiger partial charge in [0.2, 0.25) is 0 Å². The number of rotatable bonds is 2. The maximum absolute atomic E-state index is 12.5. The van der Waals surface area contributed by atoms with Crippen molar-refractivity contribution in [3.8, 4) is 11.8 Å². The number of nitriles is 1. The van der Waals surface area contributed by atoms with Crippen LogP contribution in [0.25, 0.3) is 0 Å². The SMILES string of the molecule is N#CC12CCC(NC(=O)c3cc(Cl)cc(Cl)c3O)(CC1)CC2. The van der Waals surface area contributed by atoms with Crippen LogP contribution in [0.2, 0.25) is 10.0 Å². The van der Waals surface area contributed by atoms with Crippen LogP contribution in [0.4, 0.5) is 0 Å². The Morgan fingerprint density at radius 2 is 1.77 bits per heavy atom. The molecule has 1 amide bonds. The molecule has 4 rings (SSSR count). The summed E-state index contributed by atoms with van der Waals surface area (Å²) in [5.74, 6) is -0.619. The first-order valence-corrected chi connectivity index (χ1v) is 8.06. The van der Waals surface area contributed by atoms with Crippen LogP contribution >= 0.6 is 23.2 Å². The minimum atomic E-state index is -0.367. The highest BCUT2D eigenvalue weighted by Crippen LogP contribution is 2.52. The molecular formula is C16H16Cl2N2O2. The van der Waals surface area contributed by atoms with Crippen LogP contribution < -0.4 is 5.32 Å². The van der Waals surface area contributed by atoms with Crippen molar-refractivity contribution >= 4 is 29.1 Å². The smallest absolute Gasteiger partial charge is 0.255 e. The van der Waals surface area contributed by atoms with Crippen LogP contribution in [0.15, 0.2) is 12.1 Å². The largest absolute Gasteiger partial charge is 0.506 e. The standard InChI is InChI=1S/C16H16Cl2N2O2/c17-10-7-11(13(21)12(18)8-10)14(22)20-16-4-1-15(9-19,2-5-16)3-6-16/h7-8,21H,1-6H2,(H,20,22). The first-order chi connectivity index (χ1) is 10.4. The summed E-state index contributed by atoms with van der Waals surface area (Å²) in [6.45, 7) is 0. The van der Waals surface area contributed by atoms with Gasteiger partial charge in [-0.3, -0.25) is 4.79 Å². The van der Waals surface area contributed by atoms with Gasteiger partial charge in [-0.15, -0.1) is 0 Å². The van der Waals surface area contributed by atoms with E-state index in [4.69, 9.17) is 23.2 Å². The van der Waals surface area contributed by atoms with Crippen molar-refractivity contribution in [3.63, 3.8) is 0 Å². The van der Waals surface area contributed by atoms with Gasteiger partial charge in [-0.1, -0.05) is 23.2 Å². The number of hydrogen-bond acceptors (Lipinski definition) is 3. The van der Waals surface area contributed by atoms with Crippen LogP contribution in [0.3, 0.4) is 0 Å². The third-order valence-electron chi connectivity index (χ3n) is 5.13. The second kappa shape index (κ2) is 5.33. The number of amides is 1. The lowest BCUT2D eigenvalue weighted by atomic mass is 9.58. The molecule has 3 aliphatic rings.